The number of nitriles is 1. The van der Waals surface area contributed by atoms with Crippen LogP contribution in [0.5, 0.6) is 0 Å². The summed E-state index contributed by atoms with van der Waals surface area (Å²) in [5, 5.41) is 12.8. The molecule has 0 aliphatic carbocycles. The van der Waals surface area contributed by atoms with E-state index in [1.807, 2.05) is 6.07 Å². The summed E-state index contributed by atoms with van der Waals surface area (Å²) in [7, 11) is -3.78. The second-order valence-electron chi connectivity index (χ2n) is 6.26. The van der Waals surface area contributed by atoms with Gasteiger partial charge in [0.1, 0.15) is 12.3 Å². The molecule has 30 heavy (non-hydrogen) atoms. The highest BCUT2D eigenvalue weighted by Gasteiger charge is 2.27. The summed E-state index contributed by atoms with van der Waals surface area (Å²) in [4.78, 5) is 23.6. The van der Waals surface area contributed by atoms with Crippen molar-refractivity contribution in [3.05, 3.63) is 65.2 Å². The SMILES string of the molecule is N#Cc1ccc(CS(=O)(=O)CC(=O)Nc2ccc(C(=O)NCC(F)(F)F)cc2)cc1. The van der Waals surface area contributed by atoms with Crippen LogP contribution in [0.15, 0.2) is 48.5 Å². The Morgan fingerprint density at radius 1 is 1.00 bits per heavy atom. The number of carbonyl (C=O) groups excluding carboxylic acids is 2. The number of hydrogen-bond acceptors (Lipinski definition) is 5. The molecule has 0 saturated carbocycles. The summed E-state index contributed by atoms with van der Waals surface area (Å²) in [6.45, 7) is -1.47. The molecule has 0 bridgehead atoms. The van der Waals surface area contributed by atoms with Gasteiger partial charge in [-0.2, -0.15) is 18.4 Å². The van der Waals surface area contributed by atoms with Crippen molar-refractivity contribution in [3.63, 3.8) is 0 Å². The number of amides is 2. The number of hydrogen-bond donors (Lipinski definition) is 2. The molecule has 0 atom stereocenters. The molecule has 0 aliphatic rings. The smallest absolute Gasteiger partial charge is 0.343 e. The minimum absolute atomic E-state index is 0.0503. The number of carbonyl (C=O) groups is 2. The van der Waals surface area contributed by atoms with Crippen LogP contribution in [0.25, 0.3) is 0 Å². The maximum absolute atomic E-state index is 12.2. The molecular formula is C19H16F3N3O4S. The van der Waals surface area contributed by atoms with Gasteiger partial charge in [-0.15, -0.1) is 0 Å². The maximum Gasteiger partial charge on any atom is 0.405 e. The first-order chi connectivity index (χ1) is 14.0. The molecule has 0 heterocycles. The number of halogens is 3. The molecule has 158 valence electrons. The molecule has 2 amide bonds. The van der Waals surface area contributed by atoms with E-state index in [2.05, 4.69) is 5.32 Å². The van der Waals surface area contributed by atoms with Crippen LogP contribution < -0.4 is 10.6 Å². The zero-order chi connectivity index (χ0) is 22.4. The van der Waals surface area contributed by atoms with Crippen LogP contribution in [0.2, 0.25) is 0 Å². The van der Waals surface area contributed by atoms with Gasteiger partial charge in [-0.05, 0) is 42.0 Å². The van der Waals surface area contributed by atoms with E-state index in [1.54, 1.807) is 5.32 Å². The van der Waals surface area contributed by atoms with Crippen molar-refractivity contribution < 1.29 is 31.2 Å². The predicted octanol–water partition coefficient (Wildman–Crippen LogP) is 2.40. The number of anilines is 1. The minimum atomic E-state index is -4.53. The Kier molecular flexibility index (Phi) is 7.18. The average Bonchev–Trinajstić information content (AvgIpc) is 2.66. The third-order valence-electron chi connectivity index (χ3n) is 3.70. The lowest BCUT2D eigenvalue weighted by atomic mass is 10.2. The largest absolute Gasteiger partial charge is 0.405 e. The molecule has 2 aromatic carbocycles. The number of nitrogens with one attached hydrogen (secondary N) is 2. The third-order valence-corrected chi connectivity index (χ3v) is 5.18. The Morgan fingerprint density at radius 3 is 2.13 bits per heavy atom. The molecular weight excluding hydrogens is 423 g/mol. The molecule has 2 N–H and O–H groups in total. The van der Waals surface area contributed by atoms with Gasteiger partial charge >= 0.3 is 6.18 Å². The van der Waals surface area contributed by atoms with Crippen molar-refractivity contribution in [1.82, 2.24) is 5.32 Å². The Labute approximate surface area is 170 Å². The number of benzene rings is 2. The number of rotatable bonds is 7. The maximum atomic E-state index is 12.2. The molecule has 0 unspecified atom stereocenters. The van der Waals surface area contributed by atoms with Gasteiger partial charge in [0, 0.05) is 11.3 Å². The molecule has 7 nitrogen and oxygen atoms in total. The third kappa shape index (κ3) is 7.56. The van der Waals surface area contributed by atoms with E-state index in [1.165, 1.54) is 48.5 Å². The Hall–Kier alpha value is -3.39. The van der Waals surface area contributed by atoms with Crippen LogP contribution in [-0.4, -0.2) is 38.7 Å². The van der Waals surface area contributed by atoms with Crippen LogP contribution >= 0.6 is 0 Å². The van der Waals surface area contributed by atoms with Gasteiger partial charge in [-0.3, -0.25) is 9.59 Å². The van der Waals surface area contributed by atoms with E-state index < -0.39 is 40.1 Å². The standard InChI is InChI=1S/C19H16F3N3O4S/c20-19(21,22)12-24-18(27)15-5-7-16(8-6-15)25-17(26)11-30(28,29)10-14-3-1-13(9-23)2-4-14/h1-8H,10-12H2,(H,24,27)(H,25,26). The number of sulfone groups is 1. The van der Waals surface area contributed by atoms with Crippen molar-refractivity contribution in [2.24, 2.45) is 0 Å². The molecule has 0 saturated heterocycles. The highest BCUT2D eigenvalue weighted by atomic mass is 32.2. The summed E-state index contributed by atoms with van der Waals surface area (Å²) in [6, 6.07) is 12.8. The second kappa shape index (κ2) is 9.41. The van der Waals surface area contributed by atoms with Gasteiger partial charge in [0.2, 0.25) is 5.91 Å². The molecule has 0 aromatic heterocycles. The molecule has 0 spiro atoms. The lowest BCUT2D eigenvalue weighted by Crippen LogP contribution is -2.33. The van der Waals surface area contributed by atoms with Crippen LogP contribution in [0.4, 0.5) is 18.9 Å². The quantitative estimate of drug-likeness (QED) is 0.687. The minimum Gasteiger partial charge on any atom is -0.343 e. The van der Waals surface area contributed by atoms with Crippen molar-refractivity contribution in [2.75, 3.05) is 17.6 Å². The lowest BCUT2D eigenvalue weighted by molar-refractivity contribution is -0.123. The van der Waals surface area contributed by atoms with Crippen LogP contribution in [0.3, 0.4) is 0 Å². The average molecular weight is 439 g/mol. The number of nitrogens with zero attached hydrogens (tertiary/aromatic N) is 1. The van der Waals surface area contributed by atoms with Crippen LogP contribution in [-0.2, 0) is 20.4 Å². The van der Waals surface area contributed by atoms with Crippen molar-refractivity contribution in [2.45, 2.75) is 11.9 Å². The normalized spacial score (nSPS) is 11.4. The van der Waals surface area contributed by atoms with Gasteiger partial charge in [0.25, 0.3) is 5.91 Å². The van der Waals surface area contributed by atoms with Gasteiger partial charge in [0.15, 0.2) is 9.84 Å². The van der Waals surface area contributed by atoms with E-state index in [0.29, 0.717) is 11.1 Å². The lowest BCUT2D eigenvalue weighted by Gasteiger charge is -2.09. The van der Waals surface area contributed by atoms with E-state index >= 15 is 0 Å². The molecule has 0 aliphatic heterocycles. The van der Waals surface area contributed by atoms with Gasteiger partial charge in [-0.25, -0.2) is 8.42 Å². The van der Waals surface area contributed by atoms with Crippen LogP contribution in [0, 0.1) is 11.3 Å². The Bertz CT molecular complexity index is 1060. The molecule has 0 radical (unpaired) electrons. The zero-order valence-corrected chi connectivity index (χ0v) is 16.2. The fourth-order valence-electron chi connectivity index (χ4n) is 2.36. The highest BCUT2D eigenvalue weighted by Crippen LogP contribution is 2.14. The highest BCUT2D eigenvalue weighted by molar-refractivity contribution is 7.91. The van der Waals surface area contributed by atoms with Crippen LogP contribution in [0.1, 0.15) is 21.5 Å². The van der Waals surface area contributed by atoms with Gasteiger partial charge < -0.3 is 10.6 Å². The fourth-order valence-corrected chi connectivity index (χ4v) is 3.64. The summed E-state index contributed by atoms with van der Waals surface area (Å²) in [5.41, 5.74) is 0.937. The van der Waals surface area contributed by atoms with Crippen molar-refractivity contribution in [1.29, 1.82) is 5.26 Å². The van der Waals surface area contributed by atoms with E-state index in [9.17, 15) is 31.2 Å². The first kappa shape index (κ1) is 22.9. The fraction of sp³-hybridized carbons (Fsp3) is 0.211. The molecule has 2 rings (SSSR count). The van der Waals surface area contributed by atoms with E-state index in [4.69, 9.17) is 5.26 Å². The summed E-state index contributed by atoms with van der Waals surface area (Å²) in [5.74, 6) is -2.92. The summed E-state index contributed by atoms with van der Waals surface area (Å²) >= 11 is 0. The van der Waals surface area contributed by atoms with Crippen molar-refractivity contribution >= 4 is 27.3 Å². The van der Waals surface area contributed by atoms with Gasteiger partial charge in [0.05, 0.1) is 17.4 Å². The molecule has 2 aromatic rings. The van der Waals surface area contributed by atoms with Gasteiger partial charge in [-0.1, -0.05) is 12.1 Å². The van der Waals surface area contributed by atoms with Crippen molar-refractivity contribution in [3.8, 4) is 6.07 Å². The first-order valence-electron chi connectivity index (χ1n) is 8.42. The zero-order valence-electron chi connectivity index (χ0n) is 15.4. The Morgan fingerprint density at radius 2 is 1.60 bits per heavy atom. The second-order valence-corrected chi connectivity index (χ2v) is 8.33. The van der Waals surface area contributed by atoms with E-state index in [0.717, 1.165) is 0 Å². The van der Waals surface area contributed by atoms with E-state index in [-0.39, 0.29) is 17.0 Å². The first-order valence-corrected chi connectivity index (χ1v) is 10.2. The summed E-state index contributed by atoms with van der Waals surface area (Å²) in [6.07, 6.45) is -4.53. The summed E-state index contributed by atoms with van der Waals surface area (Å²) < 4.78 is 60.7. The number of alkyl halides is 3. The monoisotopic (exact) mass is 439 g/mol. The Balaban J connectivity index is 1.92. The topological polar surface area (TPSA) is 116 Å². The predicted molar refractivity (Wildman–Crippen MR) is 102 cm³/mol. The molecule has 0 fully saturated rings. The molecule has 11 heteroatoms.